The number of aryl methyl sites for hydroxylation is 1. The highest BCUT2D eigenvalue weighted by atomic mass is 79.9. The van der Waals surface area contributed by atoms with E-state index in [2.05, 4.69) is 22.0 Å². The molecule has 0 saturated carbocycles. The van der Waals surface area contributed by atoms with E-state index >= 15 is 0 Å². The van der Waals surface area contributed by atoms with E-state index in [1.54, 1.807) is 11.8 Å². The Labute approximate surface area is 131 Å². The molecule has 1 atom stereocenters. The third kappa shape index (κ3) is 4.93. The summed E-state index contributed by atoms with van der Waals surface area (Å²) in [5.74, 6) is 0.310. The molecule has 1 N–H and O–H groups in total. The van der Waals surface area contributed by atoms with Gasteiger partial charge in [0.1, 0.15) is 5.82 Å². The van der Waals surface area contributed by atoms with E-state index < -0.39 is 6.10 Å². The molecule has 1 unspecified atom stereocenters. The Balaban J connectivity index is 1.90. The molecule has 0 radical (unpaired) electrons. The van der Waals surface area contributed by atoms with Gasteiger partial charge in [0.25, 0.3) is 0 Å². The molecule has 0 aromatic heterocycles. The fourth-order valence-electron chi connectivity index (χ4n) is 1.96. The summed E-state index contributed by atoms with van der Waals surface area (Å²) in [6.07, 6.45) is -0.0379. The second kappa shape index (κ2) is 7.25. The summed E-state index contributed by atoms with van der Waals surface area (Å²) >= 11 is 4.87. The van der Waals surface area contributed by atoms with Crippen LogP contribution in [0, 0.1) is 12.7 Å². The lowest BCUT2D eigenvalue weighted by molar-refractivity contribution is 0.200. The normalized spacial score (nSPS) is 12.4. The lowest BCUT2D eigenvalue weighted by atomic mass is 10.1. The third-order valence-electron chi connectivity index (χ3n) is 2.83. The second-order valence-electron chi connectivity index (χ2n) is 4.76. The number of hydrogen-bond acceptors (Lipinski definition) is 2. The van der Waals surface area contributed by atoms with Crippen molar-refractivity contribution in [3.63, 3.8) is 0 Å². The van der Waals surface area contributed by atoms with E-state index in [0.717, 1.165) is 10.5 Å². The predicted octanol–water partition coefficient (Wildman–Crippen LogP) is 4.59. The molecule has 2 aromatic carbocycles. The number of aliphatic hydroxyl groups excluding tert-OH is 1. The van der Waals surface area contributed by atoms with Crippen LogP contribution in [-0.2, 0) is 6.42 Å². The molecule has 0 fully saturated rings. The van der Waals surface area contributed by atoms with Crippen molar-refractivity contribution < 1.29 is 9.50 Å². The first kappa shape index (κ1) is 15.5. The summed E-state index contributed by atoms with van der Waals surface area (Å²) in [4.78, 5) is 1.14. The Morgan fingerprint density at radius 2 is 2.05 bits per heavy atom. The van der Waals surface area contributed by atoms with Crippen molar-refractivity contribution in [1.82, 2.24) is 0 Å². The molecule has 0 spiro atoms. The zero-order chi connectivity index (χ0) is 14.5. The number of hydrogen-bond donors (Lipinski definition) is 1. The van der Waals surface area contributed by atoms with Crippen molar-refractivity contribution in [2.45, 2.75) is 24.3 Å². The molecular weight excluding hydrogens is 339 g/mol. The van der Waals surface area contributed by atoms with E-state index in [4.69, 9.17) is 0 Å². The second-order valence-corrected chi connectivity index (χ2v) is 6.77. The minimum atomic E-state index is -0.491. The molecule has 0 amide bonds. The molecule has 0 aliphatic carbocycles. The van der Waals surface area contributed by atoms with Crippen molar-refractivity contribution in [2.75, 3.05) is 5.75 Å². The van der Waals surface area contributed by atoms with Gasteiger partial charge < -0.3 is 5.11 Å². The molecular formula is C16H16BrFOS. The first-order valence-electron chi connectivity index (χ1n) is 6.35. The number of aliphatic hydroxyl groups is 1. The van der Waals surface area contributed by atoms with Crippen LogP contribution in [0.3, 0.4) is 0 Å². The summed E-state index contributed by atoms with van der Waals surface area (Å²) in [6, 6.07) is 12.9. The van der Waals surface area contributed by atoms with Gasteiger partial charge in [-0.1, -0.05) is 33.6 Å². The molecule has 20 heavy (non-hydrogen) atoms. The minimum Gasteiger partial charge on any atom is -0.392 e. The van der Waals surface area contributed by atoms with E-state index in [1.807, 2.05) is 31.2 Å². The van der Waals surface area contributed by atoms with Gasteiger partial charge in [0.2, 0.25) is 0 Å². The Morgan fingerprint density at radius 3 is 2.75 bits per heavy atom. The first-order chi connectivity index (χ1) is 9.52. The molecule has 2 aromatic rings. The van der Waals surface area contributed by atoms with Crippen molar-refractivity contribution in [2.24, 2.45) is 0 Å². The minimum absolute atomic E-state index is 0.284. The van der Waals surface area contributed by atoms with Crippen LogP contribution in [0.2, 0.25) is 0 Å². The van der Waals surface area contributed by atoms with Crippen LogP contribution in [0.4, 0.5) is 4.39 Å². The summed E-state index contributed by atoms with van der Waals surface area (Å²) in [5, 5.41) is 10.1. The Morgan fingerprint density at radius 1 is 1.25 bits per heavy atom. The van der Waals surface area contributed by atoms with E-state index in [-0.39, 0.29) is 5.82 Å². The SMILES string of the molecule is Cc1cccc(SCC(O)Cc2cc(F)cc(Br)c2)c1. The van der Waals surface area contributed by atoms with Gasteiger partial charge in [0, 0.05) is 15.1 Å². The van der Waals surface area contributed by atoms with E-state index in [1.165, 1.54) is 17.7 Å². The molecule has 0 heterocycles. The maximum absolute atomic E-state index is 13.3. The van der Waals surface area contributed by atoms with Gasteiger partial charge >= 0.3 is 0 Å². The summed E-state index contributed by atoms with van der Waals surface area (Å²) in [6.45, 7) is 2.05. The Kier molecular flexibility index (Phi) is 5.64. The van der Waals surface area contributed by atoms with Gasteiger partial charge in [-0.05, 0) is 49.2 Å². The number of halogens is 2. The largest absolute Gasteiger partial charge is 0.392 e. The van der Waals surface area contributed by atoms with Crippen molar-refractivity contribution >= 4 is 27.7 Å². The number of thioether (sulfide) groups is 1. The van der Waals surface area contributed by atoms with Crippen LogP contribution in [-0.4, -0.2) is 17.0 Å². The van der Waals surface area contributed by atoms with Crippen LogP contribution in [0.25, 0.3) is 0 Å². The third-order valence-corrected chi connectivity index (χ3v) is 4.42. The Hall–Kier alpha value is -0.840. The fraction of sp³-hybridized carbons (Fsp3) is 0.250. The summed E-state index contributed by atoms with van der Waals surface area (Å²) in [7, 11) is 0. The van der Waals surface area contributed by atoms with Crippen LogP contribution >= 0.6 is 27.7 Å². The Bertz CT molecular complexity index is 568. The van der Waals surface area contributed by atoms with Crippen LogP contribution in [0.15, 0.2) is 51.8 Å². The molecule has 4 heteroatoms. The topological polar surface area (TPSA) is 20.2 Å². The van der Waals surface area contributed by atoms with Crippen molar-refractivity contribution in [1.29, 1.82) is 0 Å². The van der Waals surface area contributed by atoms with Crippen molar-refractivity contribution in [3.05, 3.63) is 63.9 Å². The van der Waals surface area contributed by atoms with Gasteiger partial charge in [-0.2, -0.15) is 0 Å². The van der Waals surface area contributed by atoms with E-state index in [0.29, 0.717) is 16.6 Å². The highest BCUT2D eigenvalue weighted by molar-refractivity contribution is 9.10. The molecule has 2 rings (SSSR count). The van der Waals surface area contributed by atoms with Gasteiger partial charge in [0.05, 0.1) is 6.10 Å². The highest BCUT2D eigenvalue weighted by Crippen LogP contribution is 2.22. The molecule has 0 bridgehead atoms. The molecule has 0 aliphatic rings. The van der Waals surface area contributed by atoms with Crippen LogP contribution in [0.1, 0.15) is 11.1 Å². The van der Waals surface area contributed by atoms with Gasteiger partial charge in [0.15, 0.2) is 0 Å². The van der Waals surface area contributed by atoms with Crippen molar-refractivity contribution in [3.8, 4) is 0 Å². The summed E-state index contributed by atoms with van der Waals surface area (Å²) < 4.78 is 14.0. The first-order valence-corrected chi connectivity index (χ1v) is 8.13. The molecule has 106 valence electrons. The van der Waals surface area contributed by atoms with Gasteiger partial charge in [-0.25, -0.2) is 4.39 Å². The maximum atomic E-state index is 13.3. The maximum Gasteiger partial charge on any atom is 0.124 e. The highest BCUT2D eigenvalue weighted by Gasteiger charge is 2.08. The number of rotatable bonds is 5. The summed E-state index contributed by atoms with van der Waals surface area (Å²) in [5.41, 5.74) is 2.01. The molecule has 0 aliphatic heterocycles. The lowest BCUT2D eigenvalue weighted by Gasteiger charge is -2.11. The number of benzene rings is 2. The van der Waals surface area contributed by atoms with Crippen LogP contribution in [0.5, 0.6) is 0 Å². The average molecular weight is 355 g/mol. The van der Waals surface area contributed by atoms with Gasteiger partial charge in [-0.3, -0.25) is 0 Å². The fourth-order valence-corrected chi connectivity index (χ4v) is 3.42. The van der Waals surface area contributed by atoms with Gasteiger partial charge in [-0.15, -0.1) is 11.8 Å². The lowest BCUT2D eigenvalue weighted by Crippen LogP contribution is -2.13. The quantitative estimate of drug-likeness (QED) is 0.792. The smallest absolute Gasteiger partial charge is 0.124 e. The molecule has 1 nitrogen and oxygen atoms in total. The standard InChI is InChI=1S/C16H16BrFOS/c1-11-3-2-4-16(5-11)20-10-15(19)8-12-6-13(17)9-14(18)7-12/h2-7,9,15,19H,8,10H2,1H3. The average Bonchev–Trinajstić information content (AvgIpc) is 2.35. The zero-order valence-corrected chi connectivity index (χ0v) is 13.5. The molecule has 0 saturated heterocycles. The monoisotopic (exact) mass is 354 g/mol. The predicted molar refractivity (Wildman–Crippen MR) is 85.7 cm³/mol. The van der Waals surface area contributed by atoms with Crippen LogP contribution < -0.4 is 0 Å². The zero-order valence-electron chi connectivity index (χ0n) is 11.1. The van der Waals surface area contributed by atoms with E-state index in [9.17, 15) is 9.50 Å².